The largest absolute Gasteiger partial charge is 0.355 e. The van der Waals surface area contributed by atoms with E-state index in [2.05, 4.69) is 5.32 Å². The topological polar surface area (TPSA) is 55.1 Å². The maximum Gasteiger partial charge on any atom is 0.225 e. The number of carbonyl (C=O) groups is 1. The van der Waals surface area contributed by atoms with Crippen molar-refractivity contribution in [1.29, 1.82) is 0 Å². The number of hydrogen-bond acceptors (Lipinski definition) is 3. The Kier molecular flexibility index (Phi) is 3.02. The van der Waals surface area contributed by atoms with Crippen LogP contribution < -0.4 is 11.1 Å². The van der Waals surface area contributed by atoms with Gasteiger partial charge < -0.3 is 11.1 Å². The van der Waals surface area contributed by atoms with E-state index in [1.165, 1.54) is 0 Å². The Morgan fingerprint density at radius 1 is 1.80 bits per heavy atom. The zero-order chi connectivity index (χ0) is 7.40. The van der Waals surface area contributed by atoms with Gasteiger partial charge in [-0.15, -0.1) is 0 Å². The van der Waals surface area contributed by atoms with E-state index in [0.717, 1.165) is 18.1 Å². The Morgan fingerprint density at radius 3 is 3.30 bits per heavy atom. The van der Waals surface area contributed by atoms with Crippen molar-refractivity contribution in [2.45, 2.75) is 0 Å². The molecule has 1 amide bonds. The van der Waals surface area contributed by atoms with Crippen molar-refractivity contribution in [2.24, 2.45) is 11.7 Å². The van der Waals surface area contributed by atoms with Crippen LogP contribution in [0.3, 0.4) is 0 Å². The molecule has 0 radical (unpaired) electrons. The minimum atomic E-state index is 0.0347. The number of nitrogens with two attached hydrogens (primary N) is 1. The molecule has 3 N–H and O–H groups in total. The molecule has 1 rings (SSSR count). The Morgan fingerprint density at radius 2 is 2.60 bits per heavy atom. The van der Waals surface area contributed by atoms with Crippen molar-refractivity contribution >= 4 is 17.7 Å². The zero-order valence-corrected chi connectivity index (χ0v) is 6.62. The summed E-state index contributed by atoms with van der Waals surface area (Å²) in [6.07, 6.45) is 0. The van der Waals surface area contributed by atoms with Crippen molar-refractivity contribution in [3.63, 3.8) is 0 Å². The summed E-state index contributed by atoms with van der Waals surface area (Å²) in [5, 5.41) is 2.81. The number of rotatable bonds is 1. The Bertz CT molecular complexity index is 129. The lowest BCUT2D eigenvalue weighted by molar-refractivity contribution is -0.123. The summed E-state index contributed by atoms with van der Waals surface area (Å²) >= 11 is 1.79. The molecular formula is C6H12N2OS. The molecule has 4 heteroatoms. The van der Waals surface area contributed by atoms with Gasteiger partial charge in [-0.2, -0.15) is 11.8 Å². The fraction of sp³-hybridized carbons (Fsp3) is 0.833. The minimum Gasteiger partial charge on any atom is -0.355 e. The fourth-order valence-electron chi connectivity index (χ4n) is 0.867. The molecule has 1 atom stereocenters. The van der Waals surface area contributed by atoms with Gasteiger partial charge >= 0.3 is 0 Å². The van der Waals surface area contributed by atoms with Crippen LogP contribution in [0.1, 0.15) is 0 Å². The highest BCUT2D eigenvalue weighted by atomic mass is 32.2. The van der Waals surface area contributed by atoms with Gasteiger partial charge in [0.05, 0.1) is 5.92 Å². The molecule has 0 aromatic carbocycles. The lowest BCUT2D eigenvalue weighted by Crippen LogP contribution is -2.34. The van der Waals surface area contributed by atoms with E-state index >= 15 is 0 Å². The van der Waals surface area contributed by atoms with Gasteiger partial charge in [-0.3, -0.25) is 4.79 Å². The number of carbonyl (C=O) groups excluding carboxylic acids is 1. The number of amides is 1. The molecule has 3 nitrogen and oxygen atoms in total. The highest BCUT2D eigenvalue weighted by molar-refractivity contribution is 7.99. The second-order valence-corrected chi connectivity index (χ2v) is 3.45. The van der Waals surface area contributed by atoms with Crippen LogP contribution in [0.25, 0.3) is 0 Å². The monoisotopic (exact) mass is 160 g/mol. The molecule has 0 spiro atoms. The van der Waals surface area contributed by atoms with Gasteiger partial charge in [-0.1, -0.05) is 0 Å². The number of nitrogens with one attached hydrogen (secondary N) is 1. The van der Waals surface area contributed by atoms with Gasteiger partial charge in [0.15, 0.2) is 0 Å². The van der Waals surface area contributed by atoms with E-state index in [1.807, 2.05) is 0 Å². The molecule has 0 aromatic rings. The van der Waals surface area contributed by atoms with Crippen molar-refractivity contribution in [3.8, 4) is 0 Å². The summed E-state index contributed by atoms with van der Waals surface area (Å²) in [6.45, 7) is 1.26. The van der Waals surface area contributed by atoms with Crippen LogP contribution in [0.2, 0.25) is 0 Å². The number of thioether (sulfide) groups is 1. The summed E-state index contributed by atoms with van der Waals surface area (Å²) in [4.78, 5) is 11.0. The van der Waals surface area contributed by atoms with Gasteiger partial charge in [0.1, 0.15) is 0 Å². The summed E-state index contributed by atoms with van der Waals surface area (Å²) in [6, 6.07) is 0. The van der Waals surface area contributed by atoms with Gasteiger partial charge in [0.25, 0.3) is 0 Å². The first-order chi connectivity index (χ1) is 4.84. The third-order valence-electron chi connectivity index (χ3n) is 1.52. The molecule has 0 aliphatic carbocycles. The lowest BCUT2D eigenvalue weighted by atomic mass is 10.2. The molecule has 1 heterocycles. The quantitative estimate of drug-likeness (QED) is 0.540. The third-order valence-corrected chi connectivity index (χ3v) is 2.65. The van der Waals surface area contributed by atoms with Gasteiger partial charge in [0, 0.05) is 24.6 Å². The second kappa shape index (κ2) is 3.83. The van der Waals surface area contributed by atoms with E-state index in [4.69, 9.17) is 5.73 Å². The summed E-state index contributed by atoms with van der Waals surface area (Å²) < 4.78 is 0. The van der Waals surface area contributed by atoms with Crippen molar-refractivity contribution in [1.82, 2.24) is 5.32 Å². The molecular weight excluding hydrogens is 148 g/mol. The van der Waals surface area contributed by atoms with Crippen molar-refractivity contribution < 1.29 is 4.79 Å². The molecule has 1 saturated heterocycles. The van der Waals surface area contributed by atoms with Crippen LogP contribution in [-0.4, -0.2) is 30.5 Å². The molecule has 1 aliphatic rings. The van der Waals surface area contributed by atoms with Crippen molar-refractivity contribution in [2.75, 3.05) is 24.6 Å². The molecule has 0 saturated carbocycles. The van der Waals surface area contributed by atoms with Gasteiger partial charge in [-0.25, -0.2) is 0 Å². The normalized spacial score (nSPS) is 27.3. The molecule has 0 aromatic heterocycles. The predicted octanol–water partition coefficient (Wildman–Crippen LogP) is -0.576. The van der Waals surface area contributed by atoms with Gasteiger partial charge in [0.2, 0.25) is 5.91 Å². The summed E-state index contributed by atoms with van der Waals surface area (Å²) in [5.41, 5.74) is 5.39. The van der Waals surface area contributed by atoms with Crippen LogP contribution in [-0.2, 0) is 4.79 Å². The van der Waals surface area contributed by atoms with E-state index in [-0.39, 0.29) is 11.8 Å². The summed E-state index contributed by atoms with van der Waals surface area (Å²) in [7, 11) is 0. The van der Waals surface area contributed by atoms with Crippen LogP contribution in [0.15, 0.2) is 0 Å². The molecule has 0 bridgehead atoms. The molecule has 58 valence electrons. The average Bonchev–Trinajstić information content (AvgIpc) is 2.13. The molecule has 1 fully saturated rings. The first kappa shape index (κ1) is 7.88. The highest BCUT2D eigenvalue weighted by Gasteiger charge is 2.18. The van der Waals surface area contributed by atoms with Gasteiger partial charge in [-0.05, 0) is 0 Å². The van der Waals surface area contributed by atoms with E-state index in [9.17, 15) is 4.79 Å². The average molecular weight is 160 g/mol. The van der Waals surface area contributed by atoms with Crippen LogP contribution in [0.4, 0.5) is 0 Å². The molecule has 1 aliphatic heterocycles. The maximum absolute atomic E-state index is 11.0. The smallest absolute Gasteiger partial charge is 0.225 e. The maximum atomic E-state index is 11.0. The third kappa shape index (κ3) is 1.88. The van der Waals surface area contributed by atoms with E-state index < -0.39 is 0 Å². The van der Waals surface area contributed by atoms with E-state index in [0.29, 0.717) is 6.54 Å². The summed E-state index contributed by atoms with van der Waals surface area (Å²) in [5.74, 6) is 2.05. The second-order valence-electron chi connectivity index (χ2n) is 2.30. The van der Waals surface area contributed by atoms with Crippen molar-refractivity contribution in [3.05, 3.63) is 0 Å². The number of hydrogen-bond donors (Lipinski definition) is 2. The molecule has 0 unspecified atom stereocenters. The Balaban J connectivity index is 2.43. The van der Waals surface area contributed by atoms with Crippen LogP contribution >= 0.6 is 11.8 Å². The Labute approximate surface area is 64.7 Å². The van der Waals surface area contributed by atoms with Crippen LogP contribution in [0, 0.1) is 5.92 Å². The predicted molar refractivity (Wildman–Crippen MR) is 42.9 cm³/mol. The van der Waals surface area contributed by atoms with Crippen LogP contribution in [0.5, 0.6) is 0 Å². The first-order valence-electron chi connectivity index (χ1n) is 3.40. The molecule has 10 heavy (non-hydrogen) atoms. The Hall–Kier alpha value is -0.220. The first-order valence-corrected chi connectivity index (χ1v) is 4.55. The van der Waals surface area contributed by atoms with E-state index in [1.54, 1.807) is 11.8 Å². The lowest BCUT2D eigenvalue weighted by Gasteiger charge is -2.07. The standard InChI is InChI=1S/C6H12N2OS/c7-3-5-4-10-2-1-8-6(5)9/h5H,1-4,7H2,(H,8,9)/t5-/m0/s1. The highest BCUT2D eigenvalue weighted by Crippen LogP contribution is 2.10. The SMILES string of the molecule is NC[C@H]1CSCCNC1=O. The zero-order valence-electron chi connectivity index (χ0n) is 5.80. The fourth-order valence-corrected chi connectivity index (χ4v) is 1.85. The minimum absolute atomic E-state index is 0.0347.